The molecule has 10 amide bonds. The zero-order chi connectivity index (χ0) is 59.8. The Balaban J connectivity index is 2.27. The van der Waals surface area contributed by atoms with Gasteiger partial charge in [-0.25, -0.2) is 0 Å². The molecule has 17 N–H and O–H groups in total. The van der Waals surface area contributed by atoms with Crippen molar-refractivity contribution in [2.24, 2.45) is 29.2 Å². The molecule has 2 aromatic rings. The minimum Gasteiger partial charge on any atom is -0.508 e. The topological polar surface area (TPSA) is 429 Å². The van der Waals surface area contributed by atoms with Gasteiger partial charge in [0.15, 0.2) is 0 Å². The molecule has 0 heterocycles. The summed E-state index contributed by atoms with van der Waals surface area (Å²) < 4.78 is 0. The fourth-order valence-electron chi connectivity index (χ4n) is 7.83. The van der Waals surface area contributed by atoms with E-state index in [1.54, 1.807) is 70.2 Å². The number of hydrogen-bond acceptors (Lipinski definition) is 16. The number of primary amides is 1. The standard InChI is InChI=1S/C53H81N11O15/c1-26(2)19-37(47(73)57-34(24-65)21-33-15-17-35(69)18-16-33)61-52(78)43(30(8)67)63-45(71)29(7)56-51(77)42(28(5)6)62-53(79)44(31(9)68)64-50(76)40(23-41(55)70)60-49(75)39(22-32-13-11-10-12-14-32)59-48(74)38(20-27(3)4)58-46(72)36(54)25-66/h10-18,24,26-31,34,36-40,42-44,66-69H,19-23,25,54H2,1-9H3,(H2,55,70)(H,56,77)(H,57,73)(H,58,72)(H,59,74)(H,60,75)(H,61,78)(H,62,79)(H,63,71)(H,64,76)/t29-,30+,31+,34-,36-,37-,38-,39-,40-,42-,43-,44-/m0/s1. The summed E-state index contributed by atoms with van der Waals surface area (Å²) in [6, 6.07) is -0.146. The number of phenolic OH excluding ortho intramolecular Hbond substituents is 1. The summed E-state index contributed by atoms with van der Waals surface area (Å²) >= 11 is 0. The SMILES string of the molecule is CC(C)C[C@H](NC(=O)[C@@H](NC(=O)[C@H](C)NC(=O)[C@@H](NC(=O)[C@@H](NC(=O)[C@H](CC(N)=O)NC(=O)[C@H](Cc1ccccc1)NC(=O)[C@H](CC(C)C)NC(=O)[C@@H](N)CO)[C@@H](C)O)C(C)C)[C@@H](C)O)C(=O)N[C@H](C=O)Cc1ccc(O)cc1. The molecule has 0 saturated heterocycles. The van der Waals surface area contributed by atoms with E-state index >= 15 is 0 Å². The Bertz CT molecular complexity index is 2390. The molecule has 0 unspecified atom stereocenters. The Morgan fingerprint density at radius 1 is 0.494 bits per heavy atom. The zero-order valence-electron chi connectivity index (χ0n) is 46.1. The van der Waals surface area contributed by atoms with Gasteiger partial charge in [0.25, 0.3) is 0 Å². The summed E-state index contributed by atoms with van der Waals surface area (Å²) in [7, 11) is 0. The third-order valence-electron chi connectivity index (χ3n) is 12.2. The van der Waals surface area contributed by atoms with E-state index in [1.165, 1.54) is 39.8 Å². The van der Waals surface area contributed by atoms with Crippen LogP contribution in [0.3, 0.4) is 0 Å². The van der Waals surface area contributed by atoms with Gasteiger partial charge in [0.2, 0.25) is 59.1 Å². The van der Waals surface area contributed by atoms with Gasteiger partial charge in [0.05, 0.1) is 31.3 Å². The van der Waals surface area contributed by atoms with Crippen LogP contribution < -0.4 is 59.3 Å². The summed E-state index contributed by atoms with van der Waals surface area (Å²) in [5.41, 5.74) is 12.3. The van der Waals surface area contributed by atoms with Crippen molar-refractivity contribution in [3.05, 3.63) is 65.7 Å². The Labute approximate surface area is 459 Å². The molecule has 2 aromatic carbocycles. The second-order valence-corrected chi connectivity index (χ2v) is 20.7. The Kier molecular flexibility index (Phi) is 28.2. The van der Waals surface area contributed by atoms with Crippen LogP contribution in [0, 0.1) is 17.8 Å². The summed E-state index contributed by atoms with van der Waals surface area (Å²) in [5.74, 6) is -10.7. The molecule has 0 aromatic heterocycles. The number of aromatic hydroxyl groups is 1. The first-order valence-electron chi connectivity index (χ1n) is 26.0. The van der Waals surface area contributed by atoms with Crippen molar-refractivity contribution in [2.75, 3.05) is 6.61 Å². The summed E-state index contributed by atoms with van der Waals surface area (Å²) in [6.45, 7) is 13.0. The van der Waals surface area contributed by atoms with Gasteiger partial charge in [0, 0.05) is 6.42 Å². The maximum absolute atomic E-state index is 14.0. The highest BCUT2D eigenvalue weighted by molar-refractivity contribution is 5.99. The number of nitrogens with two attached hydrogens (primary N) is 2. The molecule has 0 aliphatic heterocycles. The molecule has 0 bridgehead atoms. The first-order valence-corrected chi connectivity index (χ1v) is 26.0. The molecule has 12 atom stereocenters. The van der Waals surface area contributed by atoms with Gasteiger partial charge in [-0.05, 0) is 81.0 Å². The van der Waals surface area contributed by atoms with Crippen LogP contribution in [0.15, 0.2) is 54.6 Å². The Morgan fingerprint density at radius 2 is 0.911 bits per heavy atom. The van der Waals surface area contributed by atoms with Gasteiger partial charge in [-0.1, -0.05) is 84.0 Å². The average molecular weight is 1110 g/mol. The maximum atomic E-state index is 14.0. The van der Waals surface area contributed by atoms with Gasteiger partial charge >= 0.3 is 0 Å². The smallest absolute Gasteiger partial charge is 0.245 e. The quantitative estimate of drug-likeness (QED) is 0.0308. The first-order chi connectivity index (χ1) is 37.0. The molecule has 0 aliphatic rings. The molecule has 0 aliphatic carbocycles. The van der Waals surface area contributed by atoms with E-state index in [1.807, 2.05) is 0 Å². The number of aldehydes is 1. The van der Waals surface area contributed by atoms with Gasteiger partial charge in [-0.2, -0.15) is 0 Å². The third kappa shape index (κ3) is 23.5. The fourth-order valence-corrected chi connectivity index (χ4v) is 7.83. The zero-order valence-corrected chi connectivity index (χ0v) is 46.1. The average Bonchev–Trinajstić information content (AvgIpc) is 3.37. The molecule has 79 heavy (non-hydrogen) atoms. The molecule has 0 saturated carbocycles. The van der Waals surface area contributed by atoms with Gasteiger partial charge < -0.3 is 84.5 Å². The second-order valence-electron chi connectivity index (χ2n) is 20.7. The summed E-state index contributed by atoms with van der Waals surface area (Å²) in [4.78, 5) is 147. The highest BCUT2D eigenvalue weighted by Crippen LogP contribution is 2.14. The first kappa shape index (κ1) is 67.6. The molecule has 0 fully saturated rings. The predicted octanol–water partition coefficient (Wildman–Crippen LogP) is -3.54. The molecule has 26 heteroatoms. The number of amides is 10. The molecule has 2 rings (SSSR count). The van der Waals surface area contributed by atoms with Crippen LogP contribution in [0.2, 0.25) is 0 Å². The lowest BCUT2D eigenvalue weighted by atomic mass is 10.00. The number of rotatable bonds is 33. The number of aliphatic hydroxyl groups excluding tert-OH is 3. The third-order valence-corrected chi connectivity index (χ3v) is 12.2. The lowest BCUT2D eigenvalue weighted by Gasteiger charge is -2.29. The number of nitrogens with one attached hydrogen (secondary N) is 9. The highest BCUT2D eigenvalue weighted by Gasteiger charge is 2.38. The van der Waals surface area contributed by atoms with Crippen molar-refractivity contribution < 1.29 is 73.2 Å². The van der Waals surface area contributed by atoms with Crippen molar-refractivity contribution in [1.82, 2.24) is 47.9 Å². The molecule has 0 spiro atoms. The Morgan fingerprint density at radius 3 is 1.39 bits per heavy atom. The van der Waals surface area contributed by atoms with Crippen LogP contribution in [-0.2, 0) is 65.6 Å². The lowest BCUT2D eigenvalue weighted by Crippen LogP contribution is -2.63. The van der Waals surface area contributed by atoms with Crippen molar-refractivity contribution in [1.29, 1.82) is 0 Å². The minimum absolute atomic E-state index is 0.00689. The molecule has 0 radical (unpaired) electrons. The van der Waals surface area contributed by atoms with Crippen molar-refractivity contribution in [3.63, 3.8) is 0 Å². The van der Waals surface area contributed by atoms with Crippen LogP contribution >= 0.6 is 0 Å². The molecular weight excluding hydrogens is 1030 g/mol. The van der Waals surface area contributed by atoms with Gasteiger partial charge in [0.1, 0.15) is 66.4 Å². The number of hydrogen-bond donors (Lipinski definition) is 15. The van der Waals surface area contributed by atoms with Crippen molar-refractivity contribution >= 4 is 65.4 Å². The molecule has 26 nitrogen and oxygen atoms in total. The Hall–Kier alpha value is -7.55. The summed E-state index contributed by atoms with van der Waals surface area (Å²) in [6.07, 6.45) is -3.45. The largest absolute Gasteiger partial charge is 0.508 e. The lowest BCUT2D eigenvalue weighted by molar-refractivity contribution is -0.138. The summed E-state index contributed by atoms with van der Waals surface area (Å²) in [5, 5.41) is 62.4. The van der Waals surface area contributed by atoms with E-state index in [0.717, 1.165) is 6.92 Å². The van der Waals surface area contributed by atoms with Crippen LogP contribution in [0.1, 0.15) is 92.7 Å². The van der Waals surface area contributed by atoms with Gasteiger partial charge in [-0.15, -0.1) is 0 Å². The predicted molar refractivity (Wildman–Crippen MR) is 287 cm³/mol. The number of benzene rings is 2. The van der Waals surface area contributed by atoms with E-state index in [4.69, 9.17) is 11.5 Å². The van der Waals surface area contributed by atoms with Crippen LogP contribution in [0.5, 0.6) is 5.75 Å². The number of phenols is 1. The fraction of sp³-hybridized carbons (Fsp3) is 0.566. The van der Waals surface area contributed by atoms with Crippen LogP contribution in [0.4, 0.5) is 0 Å². The molecular formula is C53H81N11O15. The normalized spacial score (nSPS) is 15.8. The van der Waals surface area contributed by atoms with E-state index in [2.05, 4.69) is 47.9 Å². The molecule has 438 valence electrons. The van der Waals surface area contributed by atoms with Gasteiger partial charge in [-0.3, -0.25) is 47.9 Å². The van der Waals surface area contributed by atoms with E-state index in [0.29, 0.717) is 17.4 Å². The van der Waals surface area contributed by atoms with Crippen molar-refractivity contribution in [3.8, 4) is 5.75 Å². The van der Waals surface area contributed by atoms with E-state index in [-0.39, 0.29) is 43.3 Å². The van der Waals surface area contributed by atoms with Crippen LogP contribution in [-0.4, -0.2) is 165 Å². The number of carbonyl (C=O) groups is 11. The minimum atomic E-state index is -1.85. The van der Waals surface area contributed by atoms with E-state index < -0.39 is 151 Å². The second kappa shape index (κ2) is 33.0. The van der Waals surface area contributed by atoms with Crippen LogP contribution in [0.25, 0.3) is 0 Å². The number of carbonyl (C=O) groups excluding carboxylic acids is 11. The monoisotopic (exact) mass is 1110 g/mol. The van der Waals surface area contributed by atoms with E-state index in [9.17, 15) is 73.2 Å². The number of aliphatic hydroxyl groups is 3. The highest BCUT2D eigenvalue weighted by atomic mass is 16.3. The maximum Gasteiger partial charge on any atom is 0.245 e. The van der Waals surface area contributed by atoms with Crippen molar-refractivity contribution in [2.45, 2.75) is 167 Å².